The number of carbonyl (C=O) groups is 2. The fourth-order valence-corrected chi connectivity index (χ4v) is 1.88. The van der Waals surface area contributed by atoms with E-state index in [4.69, 9.17) is 4.74 Å². The molecule has 0 aliphatic rings. The van der Waals surface area contributed by atoms with Gasteiger partial charge in [0.05, 0.1) is 18.4 Å². The van der Waals surface area contributed by atoms with E-state index in [-0.39, 0.29) is 23.1 Å². The second kappa shape index (κ2) is 7.89. The van der Waals surface area contributed by atoms with Crippen LogP contribution in [0.15, 0.2) is 43.5 Å². The predicted octanol–water partition coefficient (Wildman–Crippen LogP) is 3.10. The van der Waals surface area contributed by atoms with Gasteiger partial charge in [0.2, 0.25) is 5.91 Å². The van der Waals surface area contributed by atoms with Gasteiger partial charge in [-0.25, -0.2) is 4.79 Å². The van der Waals surface area contributed by atoms with Crippen molar-refractivity contribution in [2.24, 2.45) is 5.92 Å². The molecule has 0 aromatic heterocycles. The van der Waals surface area contributed by atoms with Gasteiger partial charge in [0.15, 0.2) is 0 Å². The molecular formula is C16H19NO4. The summed E-state index contributed by atoms with van der Waals surface area (Å²) in [7, 11) is 1.45. The molecular weight excluding hydrogens is 270 g/mol. The standard InChI is InChI=1S/C16H19NO4/c1-4-6-11(7-5-2)15(18)17-14-9-8-12(21-3)10-13(14)16(19)20/h4-5,8-11H,1-2,6-7H2,3H3,(H,17,18)(H,19,20). The molecule has 112 valence electrons. The largest absolute Gasteiger partial charge is 0.497 e. The van der Waals surface area contributed by atoms with Gasteiger partial charge in [-0.1, -0.05) is 12.2 Å². The van der Waals surface area contributed by atoms with Crippen molar-refractivity contribution in [1.82, 2.24) is 0 Å². The van der Waals surface area contributed by atoms with Gasteiger partial charge < -0.3 is 15.2 Å². The molecule has 1 rings (SSSR count). The van der Waals surface area contributed by atoms with Crippen molar-refractivity contribution in [2.45, 2.75) is 12.8 Å². The molecule has 2 N–H and O–H groups in total. The topological polar surface area (TPSA) is 75.6 Å². The average molecular weight is 289 g/mol. The number of ether oxygens (including phenoxy) is 1. The maximum atomic E-state index is 12.2. The molecule has 0 bridgehead atoms. The minimum Gasteiger partial charge on any atom is -0.497 e. The highest BCUT2D eigenvalue weighted by molar-refractivity contribution is 6.01. The molecule has 5 heteroatoms. The van der Waals surface area contributed by atoms with Crippen LogP contribution in [0.5, 0.6) is 5.75 Å². The molecule has 0 aliphatic carbocycles. The third kappa shape index (κ3) is 4.49. The van der Waals surface area contributed by atoms with Crippen molar-refractivity contribution in [3.63, 3.8) is 0 Å². The van der Waals surface area contributed by atoms with Gasteiger partial charge in [0.1, 0.15) is 5.75 Å². The summed E-state index contributed by atoms with van der Waals surface area (Å²) in [5.74, 6) is -1.29. The molecule has 0 aliphatic heterocycles. The Kier molecular flexibility index (Phi) is 6.20. The van der Waals surface area contributed by atoms with E-state index in [9.17, 15) is 14.7 Å². The lowest BCUT2D eigenvalue weighted by Crippen LogP contribution is -2.23. The fourth-order valence-electron chi connectivity index (χ4n) is 1.88. The number of carboxylic acids is 1. The smallest absolute Gasteiger partial charge is 0.337 e. The average Bonchev–Trinajstić information content (AvgIpc) is 2.47. The summed E-state index contributed by atoms with van der Waals surface area (Å²) in [5, 5.41) is 11.8. The van der Waals surface area contributed by atoms with E-state index in [1.807, 2.05) is 0 Å². The molecule has 0 saturated carbocycles. The highest BCUT2D eigenvalue weighted by Gasteiger charge is 2.19. The highest BCUT2D eigenvalue weighted by atomic mass is 16.5. The van der Waals surface area contributed by atoms with Gasteiger partial charge >= 0.3 is 5.97 Å². The number of benzene rings is 1. The van der Waals surface area contributed by atoms with Crippen LogP contribution in [0.3, 0.4) is 0 Å². The molecule has 0 saturated heterocycles. The second-order valence-electron chi connectivity index (χ2n) is 4.45. The first-order valence-corrected chi connectivity index (χ1v) is 6.47. The zero-order chi connectivity index (χ0) is 15.8. The number of hydrogen-bond donors (Lipinski definition) is 2. The SMILES string of the molecule is C=CCC(CC=C)C(=O)Nc1ccc(OC)cc1C(=O)O. The Bertz CT molecular complexity index is 541. The van der Waals surface area contributed by atoms with Crippen molar-refractivity contribution in [2.75, 3.05) is 12.4 Å². The molecule has 1 amide bonds. The number of anilines is 1. The summed E-state index contributed by atoms with van der Waals surface area (Å²) in [6.07, 6.45) is 4.30. The lowest BCUT2D eigenvalue weighted by Gasteiger charge is -2.15. The highest BCUT2D eigenvalue weighted by Crippen LogP contribution is 2.23. The Hall–Kier alpha value is -2.56. The Morgan fingerprint density at radius 3 is 2.43 bits per heavy atom. The van der Waals surface area contributed by atoms with Crippen molar-refractivity contribution in [3.8, 4) is 5.75 Å². The molecule has 1 aromatic rings. The molecule has 0 atom stereocenters. The summed E-state index contributed by atoms with van der Waals surface area (Å²) in [4.78, 5) is 23.4. The lowest BCUT2D eigenvalue weighted by molar-refractivity contribution is -0.119. The Morgan fingerprint density at radius 2 is 1.95 bits per heavy atom. The minimum absolute atomic E-state index is 0.0151. The van der Waals surface area contributed by atoms with E-state index < -0.39 is 5.97 Å². The first-order valence-electron chi connectivity index (χ1n) is 6.47. The van der Waals surface area contributed by atoms with Crippen LogP contribution in [-0.4, -0.2) is 24.1 Å². The lowest BCUT2D eigenvalue weighted by atomic mass is 10.00. The summed E-state index contributed by atoms with van der Waals surface area (Å²) in [6, 6.07) is 4.48. The number of methoxy groups -OCH3 is 1. The number of hydrogen-bond acceptors (Lipinski definition) is 3. The van der Waals surface area contributed by atoms with Gasteiger partial charge in [-0.15, -0.1) is 13.2 Å². The van der Waals surface area contributed by atoms with E-state index in [0.717, 1.165) is 0 Å². The van der Waals surface area contributed by atoms with E-state index >= 15 is 0 Å². The molecule has 0 fully saturated rings. The Labute approximate surface area is 123 Å². The molecule has 0 radical (unpaired) electrons. The van der Waals surface area contributed by atoms with Crippen LogP contribution in [0.2, 0.25) is 0 Å². The minimum atomic E-state index is -1.13. The van der Waals surface area contributed by atoms with Gasteiger partial charge in [0.25, 0.3) is 0 Å². The van der Waals surface area contributed by atoms with Crippen LogP contribution in [0.4, 0.5) is 5.69 Å². The van der Waals surface area contributed by atoms with Crippen molar-refractivity contribution >= 4 is 17.6 Å². The molecule has 0 unspecified atom stereocenters. The first-order chi connectivity index (χ1) is 10.0. The Balaban J connectivity index is 3.00. The molecule has 0 spiro atoms. The van der Waals surface area contributed by atoms with Crippen LogP contribution >= 0.6 is 0 Å². The van der Waals surface area contributed by atoms with E-state index in [1.54, 1.807) is 18.2 Å². The van der Waals surface area contributed by atoms with E-state index in [2.05, 4.69) is 18.5 Å². The van der Waals surface area contributed by atoms with E-state index in [0.29, 0.717) is 18.6 Å². The number of allylic oxidation sites excluding steroid dienone is 2. The number of carboxylic acid groups (broad SMARTS) is 1. The summed E-state index contributed by atoms with van der Waals surface area (Å²) in [5.41, 5.74) is 0.227. The second-order valence-corrected chi connectivity index (χ2v) is 4.45. The summed E-state index contributed by atoms with van der Waals surface area (Å²) < 4.78 is 4.99. The van der Waals surface area contributed by atoms with Crippen molar-refractivity contribution in [3.05, 3.63) is 49.1 Å². The van der Waals surface area contributed by atoms with Crippen LogP contribution in [-0.2, 0) is 4.79 Å². The van der Waals surface area contributed by atoms with Gasteiger partial charge in [-0.3, -0.25) is 4.79 Å². The summed E-state index contributed by atoms with van der Waals surface area (Å²) in [6.45, 7) is 7.23. The predicted molar refractivity (Wildman–Crippen MR) is 81.7 cm³/mol. The third-order valence-corrected chi connectivity index (χ3v) is 2.99. The van der Waals surface area contributed by atoms with Gasteiger partial charge in [-0.05, 0) is 31.0 Å². The van der Waals surface area contributed by atoms with Crippen LogP contribution < -0.4 is 10.1 Å². The maximum Gasteiger partial charge on any atom is 0.337 e. The first kappa shape index (κ1) is 16.5. The quantitative estimate of drug-likeness (QED) is 0.721. The van der Waals surface area contributed by atoms with Crippen molar-refractivity contribution < 1.29 is 19.4 Å². The monoisotopic (exact) mass is 289 g/mol. The molecule has 21 heavy (non-hydrogen) atoms. The maximum absolute atomic E-state index is 12.2. The number of aromatic carboxylic acids is 1. The zero-order valence-electron chi connectivity index (χ0n) is 12.0. The third-order valence-electron chi connectivity index (χ3n) is 2.99. The number of carbonyl (C=O) groups excluding carboxylic acids is 1. The molecule has 1 aromatic carbocycles. The Morgan fingerprint density at radius 1 is 1.33 bits per heavy atom. The van der Waals surface area contributed by atoms with Crippen LogP contribution in [0.1, 0.15) is 23.2 Å². The number of nitrogens with one attached hydrogen (secondary N) is 1. The number of amides is 1. The summed E-state index contributed by atoms with van der Waals surface area (Å²) >= 11 is 0. The van der Waals surface area contributed by atoms with Crippen LogP contribution in [0, 0.1) is 5.92 Å². The number of rotatable bonds is 8. The van der Waals surface area contributed by atoms with Crippen LogP contribution in [0.25, 0.3) is 0 Å². The zero-order valence-corrected chi connectivity index (χ0v) is 12.0. The van der Waals surface area contributed by atoms with Gasteiger partial charge in [-0.2, -0.15) is 0 Å². The molecule has 5 nitrogen and oxygen atoms in total. The van der Waals surface area contributed by atoms with Gasteiger partial charge in [0, 0.05) is 5.92 Å². The fraction of sp³-hybridized carbons (Fsp3) is 0.250. The van der Waals surface area contributed by atoms with Crippen molar-refractivity contribution in [1.29, 1.82) is 0 Å². The normalized spacial score (nSPS) is 10.0. The van der Waals surface area contributed by atoms with E-state index in [1.165, 1.54) is 19.2 Å². The molecule has 0 heterocycles.